The van der Waals surface area contributed by atoms with Crippen LogP contribution in [-0.4, -0.2) is 39.7 Å². The van der Waals surface area contributed by atoms with E-state index in [9.17, 15) is 4.79 Å². The Labute approximate surface area is 228 Å². The molecule has 198 valence electrons. The lowest BCUT2D eigenvalue weighted by atomic mass is 9.97. The van der Waals surface area contributed by atoms with E-state index in [0.717, 1.165) is 41.0 Å². The first-order valence-corrected chi connectivity index (χ1v) is 13.2. The van der Waals surface area contributed by atoms with Gasteiger partial charge in [0.15, 0.2) is 5.82 Å². The number of halogens is 1. The molecule has 38 heavy (non-hydrogen) atoms. The second-order valence-corrected chi connectivity index (χ2v) is 10.7. The Bertz CT molecular complexity index is 1360. The number of carbonyl (C=O) groups is 1. The number of aromatic amines is 1. The second-order valence-electron chi connectivity index (χ2n) is 10.3. The summed E-state index contributed by atoms with van der Waals surface area (Å²) in [5, 5.41) is 21.0. The van der Waals surface area contributed by atoms with E-state index < -0.39 is 0 Å². The minimum atomic E-state index is -0.343. The molecule has 4 rings (SSSR count). The van der Waals surface area contributed by atoms with Crippen molar-refractivity contribution in [3.05, 3.63) is 71.2 Å². The summed E-state index contributed by atoms with van der Waals surface area (Å²) in [6.07, 6.45) is 0. The number of hydrogen-bond donors (Lipinski definition) is 3. The Morgan fingerprint density at radius 2 is 1.61 bits per heavy atom. The molecule has 1 aromatic heterocycles. The van der Waals surface area contributed by atoms with Crippen molar-refractivity contribution in [2.75, 3.05) is 28.6 Å². The van der Waals surface area contributed by atoms with Crippen LogP contribution in [0.15, 0.2) is 60.7 Å². The maximum Gasteiger partial charge on any atom is 0.323 e. The Hall–Kier alpha value is -3.91. The van der Waals surface area contributed by atoms with E-state index in [1.165, 1.54) is 0 Å². The molecule has 1 heterocycles. The van der Waals surface area contributed by atoms with Crippen LogP contribution >= 0.6 is 11.6 Å². The smallest absolute Gasteiger partial charge is 0.323 e. The van der Waals surface area contributed by atoms with Gasteiger partial charge in [0.25, 0.3) is 0 Å². The predicted molar refractivity (Wildman–Crippen MR) is 156 cm³/mol. The van der Waals surface area contributed by atoms with Gasteiger partial charge in [-0.1, -0.05) is 81.3 Å². The fourth-order valence-electron chi connectivity index (χ4n) is 4.45. The summed E-state index contributed by atoms with van der Waals surface area (Å²) in [4.78, 5) is 15.4. The van der Waals surface area contributed by atoms with Crippen molar-refractivity contribution in [1.29, 1.82) is 0 Å². The molecule has 3 aromatic carbocycles. The fraction of sp³-hybridized carbons (Fsp3) is 0.310. The Morgan fingerprint density at radius 1 is 0.947 bits per heavy atom. The highest BCUT2D eigenvalue weighted by Gasteiger charge is 2.22. The topological polar surface area (TPSA) is 98.8 Å². The summed E-state index contributed by atoms with van der Waals surface area (Å²) in [6.45, 7) is 12.3. The number of H-pyrrole nitrogens is 1. The van der Waals surface area contributed by atoms with Crippen LogP contribution in [0.3, 0.4) is 0 Å². The van der Waals surface area contributed by atoms with Crippen LogP contribution in [-0.2, 0) is 0 Å². The largest absolute Gasteiger partial charge is 0.368 e. The zero-order valence-corrected chi connectivity index (χ0v) is 23.2. The van der Waals surface area contributed by atoms with Crippen molar-refractivity contribution in [3.8, 4) is 22.5 Å². The Kier molecular flexibility index (Phi) is 8.63. The van der Waals surface area contributed by atoms with Gasteiger partial charge < -0.3 is 15.5 Å². The monoisotopic (exact) mass is 531 g/mol. The summed E-state index contributed by atoms with van der Waals surface area (Å²) in [5.74, 6) is 1.35. The minimum Gasteiger partial charge on any atom is -0.368 e. The molecule has 0 aliphatic carbocycles. The van der Waals surface area contributed by atoms with Crippen LogP contribution in [0.2, 0.25) is 5.02 Å². The van der Waals surface area contributed by atoms with Gasteiger partial charge in [-0.05, 0) is 64.6 Å². The van der Waals surface area contributed by atoms with Gasteiger partial charge in [-0.25, -0.2) is 9.89 Å². The zero-order chi connectivity index (χ0) is 27.2. The number of aryl methyl sites for hydroxylation is 1. The van der Waals surface area contributed by atoms with Crippen LogP contribution in [0, 0.1) is 18.8 Å². The van der Waals surface area contributed by atoms with Gasteiger partial charge >= 0.3 is 6.03 Å². The second kappa shape index (κ2) is 12.1. The SMILES string of the molecule is Cc1ccc(NC(=O)Nc2cc(-c3ccccc3-c3nnn[nH]3)cc(Cl)c2N(CC(C)C)CC(C)C)cc1. The Morgan fingerprint density at radius 3 is 2.21 bits per heavy atom. The van der Waals surface area contributed by atoms with Crippen molar-refractivity contribution in [1.82, 2.24) is 20.6 Å². The molecule has 0 aliphatic heterocycles. The van der Waals surface area contributed by atoms with Gasteiger partial charge in [0.1, 0.15) is 0 Å². The fourth-order valence-corrected chi connectivity index (χ4v) is 4.78. The molecule has 8 nitrogen and oxygen atoms in total. The molecule has 0 saturated heterocycles. The number of carbonyl (C=O) groups excluding carboxylic acids is 1. The molecule has 0 aliphatic rings. The van der Waals surface area contributed by atoms with Gasteiger partial charge in [-0.3, -0.25) is 0 Å². The third-order valence-corrected chi connectivity index (χ3v) is 6.23. The van der Waals surface area contributed by atoms with Gasteiger partial charge in [-0.15, -0.1) is 5.10 Å². The number of rotatable bonds is 9. The van der Waals surface area contributed by atoms with E-state index in [2.05, 4.69) is 63.9 Å². The van der Waals surface area contributed by atoms with Crippen molar-refractivity contribution in [3.63, 3.8) is 0 Å². The van der Waals surface area contributed by atoms with Crippen LogP contribution in [0.5, 0.6) is 0 Å². The van der Waals surface area contributed by atoms with E-state index in [4.69, 9.17) is 11.6 Å². The Balaban J connectivity index is 1.79. The molecule has 0 atom stereocenters. The first-order valence-electron chi connectivity index (χ1n) is 12.8. The molecular weight excluding hydrogens is 498 g/mol. The summed E-state index contributed by atoms with van der Waals surface area (Å²) >= 11 is 7.02. The molecule has 3 N–H and O–H groups in total. The lowest BCUT2D eigenvalue weighted by Gasteiger charge is -2.31. The van der Waals surface area contributed by atoms with Crippen LogP contribution in [0.25, 0.3) is 22.5 Å². The normalized spacial score (nSPS) is 11.2. The minimum absolute atomic E-state index is 0.343. The molecule has 0 unspecified atom stereocenters. The maximum absolute atomic E-state index is 13.2. The average molecular weight is 532 g/mol. The summed E-state index contributed by atoms with van der Waals surface area (Å²) in [5.41, 5.74) is 5.82. The van der Waals surface area contributed by atoms with E-state index >= 15 is 0 Å². The van der Waals surface area contributed by atoms with Crippen molar-refractivity contribution in [2.45, 2.75) is 34.6 Å². The lowest BCUT2D eigenvalue weighted by Crippen LogP contribution is -2.33. The number of tetrazole rings is 1. The zero-order valence-electron chi connectivity index (χ0n) is 22.4. The first kappa shape index (κ1) is 27.1. The number of hydrogen-bond acceptors (Lipinski definition) is 5. The highest BCUT2D eigenvalue weighted by Crippen LogP contribution is 2.41. The number of amides is 2. The van der Waals surface area contributed by atoms with Crippen molar-refractivity contribution in [2.24, 2.45) is 11.8 Å². The highest BCUT2D eigenvalue weighted by atomic mass is 35.5. The lowest BCUT2D eigenvalue weighted by molar-refractivity contribution is 0.262. The number of urea groups is 1. The summed E-state index contributed by atoms with van der Waals surface area (Å²) in [7, 11) is 0. The first-order chi connectivity index (χ1) is 18.2. The summed E-state index contributed by atoms with van der Waals surface area (Å²) in [6, 6.07) is 19.0. The number of nitrogens with one attached hydrogen (secondary N) is 3. The molecule has 0 saturated carbocycles. The van der Waals surface area contributed by atoms with Gasteiger partial charge in [-0.2, -0.15) is 0 Å². The molecule has 0 radical (unpaired) electrons. The van der Waals surface area contributed by atoms with E-state index in [1.54, 1.807) is 0 Å². The third-order valence-electron chi connectivity index (χ3n) is 5.95. The molecule has 2 amide bonds. The molecule has 4 aromatic rings. The summed E-state index contributed by atoms with van der Waals surface area (Å²) < 4.78 is 0. The van der Waals surface area contributed by atoms with Crippen molar-refractivity contribution >= 4 is 34.7 Å². The molecular formula is C29H34ClN7O. The third kappa shape index (κ3) is 6.69. The van der Waals surface area contributed by atoms with E-state index in [1.807, 2.05) is 67.6 Å². The molecule has 0 fully saturated rings. The average Bonchev–Trinajstić information content (AvgIpc) is 3.39. The molecule has 9 heteroatoms. The standard InChI is InChI=1S/C29H34ClN7O/c1-18(2)16-37(17-19(3)4)27-25(30)14-21(23-8-6-7-9-24(23)28-33-35-36-34-28)15-26(27)32-29(38)31-22-12-10-20(5)11-13-22/h6-15,18-19H,16-17H2,1-5H3,(H2,31,32,38)(H,33,34,35,36). The van der Waals surface area contributed by atoms with Crippen LogP contribution in [0.1, 0.15) is 33.3 Å². The quantitative estimate of drug-likeness (QED) is 0.211. The molecule has 0 spiro atoms. The maximum atomic E-state index is 13.2. The molecule has 0 bridgehead atoms. The van der Waals surface area contributed by atoms with Gasteiger partial charge in [0, 0.05) is 24.3 Å². The van der Waals surface area contributed by atoms with Gasteiger partial charge in [0.05, 0.1) is 16.4 Å². The van der Waals surface area contributed by atoms with Crippen molar-refractivity contribution < 1.29 is 4.79 Å². The highest BCUT2D eigenvalue weighted by molar-refractivity contribution is 6.34. The number of anilines is 3. The number of nitrogens with zero attached hydrogens (tertiary/aromatic N) is 4. The predicted octanol–water partition coefficient (Wildman–Crippen LogP) is 7.26. The van der Waals surface area contributed by atoms with Crippen LogP contribution < -0.4 is 15.5 Å². The van der Waals surface area contributed by atoms with Crippen LogP contribution in [0.4, 0.5) is 21.9 Å². The van der Waals surface area contributed by atoms with E-state index in [-0.39, 0.29) is 6.03 Å². The number of benzene rings is 3. The van der Waals surface area contributed by atoms with E-state index in [0.29, 0.717) is 34.1 Å². The number of aromatic nitrogens is 4. The van der Waals surface area contributed by atoms with Gasteiger partial charge in [0.2, 0.25) is 0 Å².